The highest BCUT2D eigenvalue weighted by atomic mass is 35.5. The van der Waals surface area contributed by atoms with Crippen LogP contribution >= 0.6 is 23.4 Å². The molecule has 0 spiro atoms. The lowest BCUT2D eigenvalue weighted by atomic mass is 9.83. The molecule has 1 aromatic carbocycles. The van der Waals surface area contributed by atoms with Crippen molar-refractivity contribution in [2.75, 3.05) is 25.2 Å². The molecule has 2 heterocycles. The SMILES string of the molecule is CSCC1CN(C2CCC(c3nc(C)n(C)n3)CC2)C(Cc2ccc(Cl)cc2)CO1. The van der Waals surface area contributed by atoms with Gasteiger partial charge in [0.25, 0.3) is 0 Å². The third-order valence-corrected chi connectivity index (χ3v) is 7.63. The van der Waals surface area contributed by atoms with E-state index in [1.54, 1.807) is 0 Å². The van der Waals surface area contributed by atoms with Crippen molar-refractivity contribution in [3.63, 3.8) is 0 Å². The summed E-state index contributed by atoms with van der Waals surface area (Å²) in [5.74, 6) is 3.60. The van der Waals surface area contributed by atoms with Crippen LogP contribution < -0.4 is 0 Å². The fourth-order valence-electron chi connectivity index (χ4n) is 4.91. The first-order valence-electron chi connectivity index (χ1n) is 11.0. The number of benzene rings is 1. The molecule has 0 amide bonds. The fraction of sp³-hybridized carbons (Fsp3) is 0.652. The summed E-state index contributed by atoms with van der Waals surface area (Å²) in [4.78, 5) is 7.45. The zero-order valence-electron chi connectivity index (χ0n) is 18.3. The fourth-order valence-corrected chi connectivity index (χ4v) is 5.61. The third kappa shape index (κ3) is 5.21. The topological polar surface area (TPSA) is 43.2 Å². The molecule has 2 atom stereocenters. The molecule has 1 aliphatic carbocycles. The van der Waals surface area contributed by atoms with E-state index in [0.29, 0.717) is 24.1 Å². The first kappa shape index (κ1) is 22.1. The molecule has 2 unspecified atom stereocenters. The van der Waals surface area contributed by atoms with Crippen LogP contribution in [-0.2, 0) is 18.2 Å². The molecule has 5 nitrogen and oxygen atoms in total. The average Bonchev–Trinajstić information content (AvgIpc) is 3.09. The van der Waals surface area contributed by atoms with E-state index in [-0.39, 0.29) is 0 Å². The number of halogens is 1. The number of aromatic nitrogens is 3. The lowest BCUT2D eigenvalue weighted by Crippen LogP contribution is -2.56. The number of hydrogen-bond donors (Lipinski definition) is 0. The van der Waals surface area contributed by atoms with E-state index in [1.165, 1.54) is 31.2 Å². The standard InChI is InChI=1S/C23H33ClN4OS/c1-16-25-23(26-27(16)2)18-6-10-20(11-7-18)28-13-22(15-30-3)29-14-21(28)12-17-4-8-19(24)9-5-17/h4-5,8-9,18,20-22H,6-7,10-15H2,1-3H3. The van der Waals surface area contributed by atoms with Gasteiger partial charge in [-0.05, 0) is 63.0 Å². The summed E-state index contributed by atoms with van der Waals surface area (Å²) in [6.07, 6.45) is 8.29. The van der Waals surface area contributed by atoms with Crippen LogP contribution in [0.4, 0.5) is 0 Å². The largest absolute Gasteiger partial charge is 0.374 e. The van der Waals surface area contributed by atoms with Crippen molar-refractivity contribution in [1.82, 2.24) is 19.7 Å². The smallest absolute Gasteiger partial charge is 0.153 e. The van der Waals surface area contributed by atoms with E-state index in [9.17, 15) is 0 Å². The Morgan fingerprint density at radius 2 is 1.90 bits per heavy atom. The van der Waals surface area contributed by atoms with Gasteiger partial charge in [-0.3, -0.25) is 9.58 Å². The second-order valence-electron chi connectivity index (χ2n) is 8.74. The van der Waals surface area contributed by atoms with Crippen molar-refractivity contribution in [2.45, 2.75) is 63.1 Å². The molecule has 0 N–H and O–H groups in total. The molecule has 0 radical (unpaired) electrons. The van der Waals surface area contributed by atoms with Gasteiger partial charge in [0, 0.05) is 42.4 Å². The Morgan fingerprint density at radius 3 is 2.53 bits per heavy atom. The van der Waals surface area contributed by atoms with Gasteiger partial charge in [0.05, 0.1) is 12.7 Å². The van der Waals surface area contributed by atoms with Crippen LogP contribution in [0.2, 0.25) is 5.02 Å². The predicted molar refractivity (Wildman–Crippen MR) is 125 cm³/mol. The van der Waals surface area contributed by atoms with Crippen LogP contribution in [0.3, 0.4) is 0 Å². The second kappa shape index (κ2) is 10.0. The van der Waals surface area contributed by atoms with Crippen molar-refractivity contribution in [1.29, 1.82) is 0 Å². The number of hydrogen-bond acceptors (Lipinski definition) is 5. The van der Waals surface area contributed by atoms with Gasteiger partial charge in [0.15, 0.2) is 5.82 Å². The van der Waals surface area contributed by atoms with Gasteiger partial charge in [-0.25, -0.2) is 4.98 Å². The van der Waals surface area contributed by atoms with Crippen molar-refractivity contribution in [2.24, 2.45) is 7.05 Å². The quantitative estimate of drug-likeness (QED) is 0.651. The molecule has 7 heteroatoms. The summed E-state index contributed by atoms with van der Waals surface area (Å²) in [6.45, 7) is 3.88. The molecular weight excluding hydrogens is 416 g/mol. The van der Waals surface area contributed by atoms with Crippen LogP contribution in [-0.4, -0.2) is 63.0 Å². The third-order valence-electron chi connectivity index (χ3n) is 6.67. The van der Waals surface area contributed by atoms with E-state index in [1.807, 2.05) is 42.5 Å². The van der Waals surface area contributed by atoms with E-state index < -0.39 is 0 Å². The normalized spacial score (nSPS) is 28.0. The molecule has 1 aromatic heterocycles. The minimum absolute atomic E-state index is 0.333. The monoisotopic (exact) mass is 448 g/mol. The maximum Gasteiger partial charge on any atom is 0.153 e. The van der Waals surface area contributed by atoms with Crippen LogP contribution in [0.25, 0.3) is 0 Å². The highest BCUT2D eigenvalue weighted by Gasteiger charge is 2.36. The highest BCUT2D eigenvalue weighted by molar-refractivity contribution is 7.98. The van der Waals surface area contributed by atoms with Crippen LogP contribution in [0.5, 0.6) is 0 Å². The first-order chi connectivity index (χ1) is 14.5. The highest BCUT2D eigenvalue weighted by Crippen LogP contribution is 2.35. The summed E-state index contributed by atoms with van der Waals surface area (Å²) < 4.78 is 8.14. The Kier molecular flexibility index (Phi) is 7.40. The molecule has 30 heavy (non-hydrogen) atoms. The lowest BCUT2D eigenvalue weighted by molar-refractivity contribution is -0.0751. The summed E-state index contributed by atoms with van der Waals surface area (Å²) in [5, 5.41) is 5.44. The minimum atomic E-state index is 0.333. The summed E-state index contributed by atoms with van der Waals surface area (Å²) in [6, 6.07) is 9.35. The van der Waals surface area contributed by atoms with Gasteiger partial charge in [-0.15, -0.1) is 0 Å². The maximum absolute atomic E-state index is 6.24. The molecule has 1 aliphatic heterocycles. The molecule has 1 saturated heterocycles. The Hall–Kier alpha value is -1.08. The number of rotatable bonds is 6. The molecule has 0 bridgehead atoms. The zero-order valence-corrected chi connectivity index (χ0v) is 19.8. The van der Waals surface area contributed by atoms with Crippen molar-refractivity contribution < 1.29 is 4.74 Å². The molecule has 2 aliphatic rings. The molecule has 1 saturated carbocycles. The van der Waals surface area contributed by atoms with Gasteiger partial charge >= 0.3 is 0 Å². The Bertz CT molecular complexity index is 800. The summed E-state index contributed by atoms with van der Waals surface area (Å²) in [5.41, 5.74) is 1.34. The number of morpholine rings is 1. The minimum Gasteiger partial charge on any atom is -0.374 e. The van der Waals surface area contributed by atoms with Crippen LogP contribution in [0.15, 0.2) is 24.3 Å². The molecule has 2 aromatic rings. The van der Waals surface area contributed by atoms with Gasteiger partial charge in [-0.2, -0.15) is 16.9 Å². The summed E-state index contributed by atoms with van der Waals surface area (Å²) >= 11 is 7.96. The molecular formula is C23H33ClN4OS. The Labute approximate surface area is 189 Å². The van der Waals surface area contributed by atoms with E-state index in [2.05, 4.69) is 28.4 Å². The van der Waals surface area contributed by atoms with Gasteiger partial charge in [-0.1, -0.05) is 23.7 Å². The van der Waals surface area contributed by atoms with Crippen LogP contribution in [0.1, 0.15) is 48.8 Å². The van der Waals surface area contributed by atoms with Gasteiger partial charge in [0.1, 0.15) is 5.82 Å². The van der Waals surface area contributed by atoms with E-state index in [0.717, 1.165) is 42.0 Å². The van der Waals surface area contributed by atoms with E-state index in [4.69, 9.17) is 21.3 Å². The zero-order chi connectivity index (χ0) is 21.1. The number of ether oxygens (including phenoxy) is 1. The van der Waals surface area contributed by atoms with Gasteiger partial charge in [0.2, 0.25) is 0 Å². The van der Waals surface area contributed by atoms with Gasteiger partial charge < -0.3 is 4.74 Å². The first-order valence-corrected chi connectivity index (χ1v) is 12.8. The summed E-state index contributed by atoms with van der Waals surface area (Å²) in [7, 11) is 1.98. The predicted octanol–water partition coefficient (Wildman–Crippen LogP) is 4.48. The van der Waals surface area contributed by atoms with Crippen molar-refractivity contribution >= 4 is 23.4 Å². The second-order valence-corrected chi connectivity index (χ2v) is 10.1. The lowest BCUT2D eigenvalue weighted by Gasteiger charge is -2.46. The maximum atomic E-state index is 6.24. The van der Waals surface area contributed by atoms with Crippen molar-refractivity contribution in [3.05, 3.63) is 46.5 Å². The molecule has 164 valence electrons. The van der Waals surface area contributed by atoms with E-state index >= 15 is 0 Å². The van der Waals surface area contributed by atoms with Crippen LogP contribution in [0, 0.1) is 6.92 Å². The Balaban J connectivity index is 1.43. The van der Waals surface area contributed by atoms with Crippen molar-refractivity contribution in [3.8, 4) is 0 Å². The average molecular weight is 449 g/mol. The Morgan fingerprint density at radius 1 is 1.17 bits per heavy atom. The molecule has 4 rings (SSSR count). The number of thioether (sulfide) groups is 1. The number of aryl methyl sites for hydroxylation is 2. The molecule has 2 fully saturated rings. The number of nitrogens with zero attached hydrogens (tertiary/aromatic N) is 4.